The van der Waals surface area contributed by atoms with Gasteiger partial charge >= 0.3 is 12.1 Å². The summed E-state index contributed by atoms with van der Waals surface area (Å²) in [6.45, 7) is 0.0393. The molecule has 1 amide bonds. The van der Waals surface area contributed by atoms with E-state index in [2.05, 4.69) is 10.6 Å². The predicted octanol–water partition coefficient (Wildman–Crippen LogP) is 4.48. The van der Waals surface area contributed by atoms with Crippen LogP contribution in [0.15, 0.2) is 85.1 Å². The van der Waals surface area contributed by atoms with Crippen molar-refractivity contribution in [1.29, 1.82) is 0 Å². The largest absolute Gasteiger partial charge is 0.445 e. The fraction of sp³-hybridized carbons (Fsp3) is 0.120. The zero-order valence-corrected chi connectivity index (χ0v) is 17.9. The van der Waals surface area contributed by atoms with Crippen molar-refractivity contribution >= 4 is 29.0 Å². The molecule has 1 heterocycles. The molecule has 9 nitrogen and oxygen atoms in total. The predicted molar refractivity (Wildman–Crippen MR) is 123 cm³/mol. The molecule has 1 aliphatic heterocycles. The number of alkyl carbamates (subject to hydrolysis) is 1. The van der Waals surface area contributed by atoms with Gasteiger partial charge in [-0.3, -0.25) is 15.4 Å². The van der Waals surface area contributed by atoms with Crippen molar-refractivity contribution < 1.29 is 24.0 Å². The lowest BCUT2D eigenvalue weighted by Crippen LogP contribution is -2.43. The molecule has 3 aromatic rings. The number of benzene rings is 3. The number of nitro benzene ring substituents is 1. The summed E-state index contributed by atoms with van der Waals surface area (Å²) in [5.74, 6) is -0.624. The molecule has 34 heavy (non-hydrogen) atoms. The Labute approximate surface area is 195 Å². The monoisotopic (exact) mass is 458 g/mol. The number of hydrogen-bond acceptors (Lipinski definition) is 6. The van der Waals surface area contributed by atoms with Gasteiger partial charge in [0.15, 0.2) is 0 Å². The van der Waals surface area contributed by atoms with Gasteiger partial charge in [-0.2, -0.15) is 0 Å². The molecule has 0 aromatic heterocycles. The van der Waals surface area contributed by atoms with Crippen LogP contribution in [-0.4, -0.2) is 23.0 Å². The number of carbonyl (C=O) groups is 2. The number of nitro groups is 1. The zero-order valence-electron chi connectivity index (χ0n) is 17.9. The van der Waals surface area contributed by atoms with Crippen molar-refractivity contribution in [2.45, 2.75) is 19.1 Å². The number of rotatable bonds is 8. The van der Waals surface area contributed by atoms with E-state index in [-0.39, 0.29) is 24.5 Å². The van der Waals surface area contributed by atoms with Gasteiger partial charge in [-0.05, 0) is 29.3 Å². The second kappa shape index (κ2) is 10.3. The number of carbonyl (C=O) groups excluding carboxylic acids is 2. The minimum atomic E-state index is -1.08. The van der Waals surface area contributed by atoms with Crippen LogP contribution in [0.5, 0.6) is 5.75 Å². The van der Waals surface area contributed by atoms with E-state index in [9.17, 15) is 19.7 Å². The Hall–Kier alpha value is -4.66. The quantitative estimate of drug-likeness (QED) is 0.230. The molecule has 0 saturated carbocycles. The summed E-state index contributed by atoms with van der Waals surface area (Å²) in [5.41, 5.74) is 3.05. The van der Waals surface area contributed by atoms with Crippen LogP contribution >= 0.6 is 0 Å². The Morgan fingerprint density at radius 1 is 0.971 bits per heavy atom. The summed E-state index contributed by atoms with van der Waals surface area (Å²) in [5, 5.41) is 17.7. The number of nitrogens with zero attached hydrogens (tertiary/aromatic N) is 2. The van der Waals surface area contributed by atoms with E-state index >= 15 is 0 Å². The molecule has 0 bridgehead atoms. The third-order valence-electron chi connectivity index (χ3n) is 5.09. The van der Waals surface area contributed by atoms with E-state index in [4.69, 9.17) is 9.47 Å². The SMILES string of the molecule is O=C(N[C@@H](CC1=C[N]c2ccccc21)C(=O)Oc1ccc([N+](=O)[O-])cc1)OCc1ccccc1. The van der Waals surface area contributed by atoms with Crippen molar-refractivity contribution in [2.24, 2.45) is 0 Å². The fourth-order valence-electron chi connectivity index (χ4n) is 3.38. The van der Waals surface area contributed by atoms with Crippen LogP contribution in [0.25, 0.3) is 5.57 Å². The highest BCUT2D eigenvalue weighted by Crippen LogP contribution is 2.33. The van der Waals surface area contributed by atoms with E-state index in [1.165, 1.54) is 24.3 Å². The molecule has 0 aliphatic carbocycles. The molecule has 0 saturated heterocycles. The Bertz CT molecular complexity index is 1220. The maximum absolute atomic E-state index is 13.0. The van der Waals surface area contributed by atoms with Crippen LogP contribution in [0, 0.1) is 10.1 Å². The van der Waals surface area contributed by atoms with Gasteiger partial charge in [0.2, 0.25) is 0 Å². The number of ether oxygens (including phenoxy) is 2. The van der Waals surface area contributed by atoms with Gasteiger partial charge in [0.25, 0.3) is 5.69 Å². The third-order valence-corrected chi connectivity index (χ3v) is 5.09. The number of hydrogen-bond donors (Lipinski definition) is 1. The van der Waals surface area contributed by atoms with Crippen molar-refractivity contribution in [3.05, 3.63) is 106 Å². The number of non-ortho nitro benzene ring substituents is 1. The van der Waals surface area contributed by atoms with E-state index in [1.807, 2.05) is 54.6 Å². The van der Waals surface area contributed by atoms with E-state index < -0.39 is 23.0 Å². The minimum Gasteiger partial charge on any atom is -0.445 e. The van der Waals surface area contributed by atoms with Crippen LogP contribution < -0.4 is 15.4 Å². The normalized spacial score (nSPS) is 12.5. The van der Waals surface area contributed by atoms with Gasteiger partial charge in [-0.25, -0.2) is 9.59 Å². The number of nitrogens with one attached hydrogen (secondary N) is 1. The number of esters is 1. The second-order valence-corrected chi connectivity index (χ2v) is 7.44. The molecule has 171 valence electrons. The van der Waals surface area contributed by atoms with Crippen LogP contribution in [0.1, 0.15) is 17.5 Å². The van der Waals surface area contributed by atoms with E-state index in [0.29, 0.717) is 0 Å². The Morgan fingerprint density at radius 3 is 2.41 bits per heavy atom. The summed E-state index contributed by atoms with van der Waals surface area (Å²) < 4.78 is 10.6. The van der Waals surface area contributed by atoms with Gasteiger partial charge < -0.3 is 14.8 Å². The maximum Gasteiger partial charge on any atom is 0.408 e. The Kier molecular flexibility index (Phi) is 6.83. The average molecular weight is 458 g/mol. The number of amides is 1. The molecule has 4 rings (SSSR count). The molecular formula is C25H20N3O6. The fourth-order valence-corrected chi connectivity index (χ4v) is 3.38. The highest BCUT2D eigenvalue weighted by Gasteiger charge is 2.28. The molecule has 0 spiro atoms. The summed E-state index contributed by atoms with van der Waals surface area (Å²) in [6, 6.07) is 20.6. The Balaban J connectivity index is 1.46. The van der Waals surface area contributed by atoms with E-state index in [0.717, 1.165) is 22.4 Å². The first-order valence-electron chi connectivity index (χ1n) is 10.4. The van der Waals surface area contributed by atoms with E-state index in [1.54, 1.807) is 6.20 Å². The summed E-state index contributed by atoms with van der Waals surface area (Å²) in [4.78, 5) is 35.7. The average Bonchev–Trinajstić information content (AvgIpc) is 3.26. The van der Waals surface area contributed by atoms with Crippen molar-refractivity contribution in [1.82, 2.24) is 10.6 Å². The lowest BCUT2D eigenvalue weighted by Gasteiger charge is -2.18. The molecule has 9 heteroatoms. The van der Waals surface area contributed by atoms with Gasteiger partial charge in [-0.15, -0.1) is 0 Å². The standard InChI is InChI=1S/C25H20N3O6/c29-24(34-20-12-10-19(11-13-20)28(31)32)23(14-18-15-26-22-9-5-4-8-21(18)22)27-25(30)33-16-17-6-2-1-3-7-17/h1-13,15,23H,14,16H2,(H,27,30)/t23-/m0/s1. The van der Waals surface area contributed by atoms with Crippen LogP contribution in [0.3, 0.4) is 0 Å². The highest BCUT2D eigenvalue weighted by atomic mass is 16.6. The first-order valence-corrected chi connectivity index (χ1v) is 10.4. The first-order chi connectivity index (χ1) is 16.5. The van der Waals surface area contributed by atoms with Crippen molar-refractivity contribution in [3.8, 4) is 5.75 Å². The van der Waals surface area contributed by atoms with Gasteiger partial charge in [0.1, 0.15) is 18.4 Å². The van der Waals surface area contributed by atoms with Crippen LogP contribution in [0.2, 0.25) is 0 Å². The first kappa shape index (κ1) is 22.5. The molecule has 0 unspecified atom stereocenters. The molecule has 3 aromatic carbocycles. The molecular weight excluding hydrogens is 438 g/mol. The number of para-hydroxylation sites is 1. The van der Waals surface area contributed by atoms with Crippen LogP contribution in [0.4, 0.5) is 16.2 Å². The molecule has 0 fully saturated rings. The van der Waals surface area contributed by atoms with Crippen molar-refractivity contribution in [2.75, 3.05) is 0 Å². The summed E-state index contributed by atoms with van der Waals surface area (Å²) >= 11 is 0. The van der Waals surface area contributed by atoms with Gasteiger partial charge in [0.05, 0.1) is 10.6 Å². The lowest BCUT2D eigenvalue weighted by atomic mass is 10.00. The molecule has 1 atom stereocenters. The van der Waals surface area contributed by atoms with Crippen molar-refractivity contribution in [3.63, 3.8) is 0 Å². The Morgan fingerprint density at radius 2 is 1.68 bits per heavy atom. The van der Waals surface area contributed by atoms with Gasteiger partial charge in [-0.1, -0.05) is 48.5 Å². The molecule has 1 N–H and O–H groups in total. The summed E-state index contributed by atoms with van der Waals surface area (Å²) in [7, 11) is 0. The lowest BCUT2D eigenvalue weighted by molar-refractivity contribution is -0.384. The maximum atomic E-state index is 13.0. The molecule has 1 radical (unpaired) electrons. The smallest absolute Gasteiger partial charge is 0.408 e. The van der Waals surface area contributed by atoms with Gasteiger partial charge in [0, 0.05) is 30.3 Å². The number of fused-ring (bicyclic) bond motifs is 1. The summed E-state index contributed by atoms with van der Waals surface area (Å²) in [6.07, 6.45) is 0.985. The second-order valence-electron chi connectivity index (χ2n) is 7.44. The molecule has 1 aliphatic rings. The third kappa shape index (κ3) is 5.57. The zero-order chi connectivity index (χ0) is 23.9. The van der Waals surface area contributed by atoms with Crippen LogP contribution in [-0.2, 0) is 16.1 Å². The highest BCUT2D eigenvalue weighted by molar-refractivity contribution is 5.87. The minimum absolute atomic E-state index is 0.0393. The topological polar surface area (TPSA) is 122 Å².